The lowest BCUT2D eigenvalue weighted by Crippen LogP contribution is -2.39. The second-order valence-corrected chi connectivity index (χ2v) is 23.1. The van der Waals surface area contributed by atoms with Gasteiger partial charge in [0.05, 0.1) is 62.6 Å². The van der Waals surface area contributed by atoms with Crippen LogP contribution in [0.4, 0.5) is 9.59 Å². The number of fused-ring (bicyclic) bond motifs is 2. The maximum atomic E-state index is 13.1. The number of nitrogens with one attached hydrogen (secondary N) is 6. The largest absolute Gasteiger partial charge is 0.378 e. The molecular formula is C50H68Cl6N8O10S2. The molecule has 2 heterocycles. The van der Waals surface area contributed by atoms with Gasteiger partial charge in [0.1, 0.15) is 0 Å². The second-order valence-electron chi connectivity index (χ2n) is 17.9. The summed E-state index contributed by atoms with van der Waals surface area (Å²) >= 11 is 25.7. The number of hydrogen-bond acceptors (Lipinski definition) is 12. The van der Waals surface area contributed by atoms with E-state index in [1.165, 1.54) is 0 Å². The fourth-order valence-corrected chi connectivity index (χ4v) is 11.9. The molecule has 4 aromatic rings. The quantitative estimate of drug-likeness (QED) is 0.0303. The van der Waals surface area contributed by atoms with Crippen LogP contribution in [0, 0.1) is 0 Å². The lowest BCUT2D eigenvalue weighted by Gasteiger charge is -2.33. The van der Waals surface area contributed by atoms with Gasteiger partial charge in [-0.25, -0.2) is 35.9 Å². The van der Waals surface area contributed by atoms with E-state index in [4.69, 9.17) is 65.4 Å². The van der Waals surface area contributed by atoms with Gasteiger partial charge in [-0.1, -0.05) is 70.7 Å². The lowest BCUT2D eigenvalue weighted by molar-refractivity contribution is 0.0516. The predicted molar refractivity (Wildman–Crippen MR) is 302 cm³/mol. The van der Waals surface area contributed by atoms with E-state index in [0.717, 1.165) is 33.4 Å². The van der Waals surface area contributed by atoms with Gasteiger partial charge >= 0.3 is 12.1 Å². The van der Waals surface area contributed by atoms with Gasteiger partial charge in [0.15, 0.2) is 0 Å². The molecule has 422 valence electrons. The van der Waals surface area contributed by atoms with Gasteiger partial charge in [0.25, 0.3) is 0 Å². The van der Waals surface area contributed by atoms with Crippen molar-refractivity contribution in [3.63, 3.8) is 0 Å². The standard InChI is InChI=1S/C50H66Cl4N8O10S2.2ClH/c1-61-31-43(41-27-37(51)29-47(53)45(41)33-61)35-7-5-9-39(25-35)73(65,66)59-15-19-71-23-21-69-17-13-57-49(63)55-11-3-4-12-56-50(64)58-14-18-70-22-24-72-20-16-60-74(67,68)40-10-6-8-36(26-40)44-32-62(2)34-46-42(44)28-38(52)30-48(46)54;;/h5-10,25-30,43-44,59-60H,3-4,11-24,31-34H2,1-2H3,(H2,55,57,63)(H2,56,58,64);2*1H. The molecule has 0 radical (unpaired) electrons. The molecule has 0 fully saturated rings. The van der Waals surface area contributed by atoms with Gasteiger partial charge in [0, 0.05) is 97.4 Å². The van der Waals surface area contributed by atoms with Crippen molar-refractivity contribution in [1.29, 1.82) is 0 Å². The predicted octanol–water partition coefficient (Wildman–Crippen LogP) is 7.00. The molecule has 6 rings (SSSR count). The number of carbonyl (C=O) groups is 2. The number of urea groups is 2. The lowest BCUT2D eigenvalue weighted by atomic mass is 9.85. The normalized spacial score (nSPS) is 15.7. The van der Waals surface area contributed by atoms with Crippen LogP contribution in [-0.4, -0.2) is 158 Å². The van der Waals surface area contributed by atoms with Crippen LogP contribution in [0.1, 0.15) is 58.1 Å². The topological polar surface area (TPSA) is 218 Å². The van der Waals surface area contributed by atoms with E-state index in [9.17, 15) is 26.4 Å². The van der Waals surface area contributed by atoms with Crippen LogP contribution in [-0.2, 0) is 52.1 Å². The number of hydrogen-bond donors (Lipinski definition) is 6. The Hall–Kier alpha value is -3.26. The number of unbranched alkanes of at least 4 members (excludes halogenated alkanes) is 1. The number of rotatable bonds is 29. The summed E-state index contributed by atoms with van der Waals surface area (Å²) in [5, 5.41) is 13.2. The third-order valence-electron chi connectivity index (χ3n) is 12.2. The van der Waals surface area contributed by atoms with Crippen molar-refractivity contribution in [3.8, 4) is 0 Å². The summed E-state index contributed by atoms with van der Waals surface area (Å²) < 4.78 is 79.8. The minimum absolute atomic E-state index is 0. The molecule has 2 atom stereocenters. The highest BCUT2D eigenvalue weighted by Gasteiger charge is 2.30. The minimum Gasteiger partial charge on any atom is -0.378 e. The molecule has 6 N–H and O–H groups in total. The molecule has 4 amide bonds. The van der Waals surface area contributed by atoms with Crippen LogP contribution >= 0.6 is 71.2 Å². The smallest absolute Gasteiger partial charge is 0.314 e. The van der Waals surface area contributed by atoms with E-state index >= 15 is 0 Å². The van der Waals surface area contributed by atoms with E-state index in [-0.39, 0.29) is 138 Å². The van der Waals surface area contributed by atoms with Gasteiger partial charge in [-0.05, 0) is 109 Å². The fraction of sp³-hybridized carbons (Fsp3) is 0.480. The maximum Gasteiger partial charge on any atom is 0.314 e. The molecule has 26 heteroatoms. The third-order valence-corrected chi connectivity index (χ3v) is 16.2. The van der Waals surface area contributed by atoms with Crippen molar-refractivity contribution < 1.29 is 45.4 Å². The first-order chi connectivity index (χ1) is 35.5. The SMILES string of the molecule is CN1Cc2c(Cl)cc(Cl)cc2C(c2cccc(S(=O)(=O)NCCOCCOCCNC(=O)NCCCCNC(=O)NCCOCCOCCNS(=O)(=O)c3cccc(C4CN(C)Cc5c(Cl)cc(Cl)cc54)c3)c2)C1.Cl.Cl. The Bertz CT molecular complexity index is 2550. The van der Waals surface area contributed by atoms with Crippen LogP contribution in [0.15, 0.2) is 82.6 Å². The second kappa shape index (κ2) is 32.7. The van der Waals surface area contributed by atoms with Crippen LogP contribution in [0.25, 0.3) is 0 Å². The van der Waals surface area contributed by atoms with Crippen molar-refractivity contribution in [3.05, 3.63) is 126 Å². The highest BCUT2D eigenvalue weighted by molar-refractivity contribution is 7.89. The van der Waals surface area contributed by atoms with Gasteiger partial charge in [-0.2, -0.15) is 0 Å². The average Bonchev–Trinajstić information content (AvgIpc) is 3.36. The molecule has 2 unspecified atom stereocenters. The molecule has 4 aromatic carbocycles. The van der Waals surface area contributed by atoms with Gasteiger partial charge < -0.3 is 50.0 Å². The van der Waals surface area contributed by atoms with Crippen molar-refractivity contribution in [2.45, 2.75) is 47.6 Å². The first-order valence-corrected chi connectivity index (χ1v) is 28.8. The van der Waals surface area contributed by atoms with E-state index in [2.05, 4.69) is 40.5 Å². The average molecular weight is 1220 g/mol. The van der Waals surface area contributed by atoms with Crippen molar-refractivity contribution in [2.24, 2.45) is 0 Å². The van der Waals surface area contributed by atoms with E-state index in [1.54, 1.807) is 48.5 Å². The van der Waals surface area contributed by atoms with Crippen molar-refractivity contribution >= 4 is 103 Å². The number of ether oxygens (including phenoxy) is 4. The van der Waals surface area contributed by atoms with Gasteiger partial charge in [0.2, 0.25) is 20.0 Å². The van der Waals surface area contributed by atoms with E-state index < -0.39 is 20.0 Å². The van der Waals surface area contributed by atoms with E-state index in [1.807, 2.05) is 38.4 Å². The summed E-state index contributed by atoms with van der Waals surface area (Å²) in [6, 6.07) is 20.4. The summed E-state index contributed by atoms with van der Waals surface area (Å²) in [6.07, 6.45) is 1.31. The molecular weight excluding hydrogens is 1150 g/mol. The Morgan fingerprint density at radius 1 is 0.513 bits per heavy atom. The van der Waals surface area contributed by atoms with Crippen LogP contribution in [0.3, 0.4) is 0 Å². The zero-order valence-electron chi connectivity index (χ0n) is 42.3. The van der Waals surface area contributed by atoms with Gasteiger partial charge in [-0.15, -0.1) is 24.8 Å². The van der Waals surface area contributed by atoms with Crippen LogP contribution < -0.4 is 30.7 Å². The Kier molecular flexibility index (Phi) is 28.1. The van der Waals surface area contributed by atoms with Gasteiger partial charge in [-0.3, -0.25) is 0 Å². The van der Waals surface area contributed by atoms with Crippen molar-refractivity contribution in [1.82, 2.24) is 40.5 Å². The number of amides is 4. The number of benzene rings is 4. The zero-order valence-corrected chi connectivity index (χ0v) is 48.6. The molecule has 76 heavy (non-hydrogen) atoms. The fourth-order valence-electron chi connectivity index (χ4n) is 8.62. The summed E-state index contributed by atoms with van der Waals surface area (Å²) in [7, 11) is -3.59. The Balaban J connectivity index is 0.00000624. The van der Waals surface area contributed by atoms with Crippen LogP contribution in [0.2, 0.25) is 20.1 Å². The summed E-state index contributed by atoms with van der Waals surface area (Å²) in [5.74, 6) is -0.190. The summed E-state index contributed by atoms with van der Waals surface area (Å²) in [5.41, 5.74) is 5.67. The maximum absolute atomic E-state index is 13.1. The molecule has 0 saturated heterocycles. The molecule has 0 bridgehead atoms. The summed E-state index contributed by atoms with van der Waals surface area (Å²) in [6.45, 7) is 6.19. The Labute approximate surface area is 479 Å². The molecule has 0 spiro atoms. The zero-order chi connectivity index (χ0) is 53.1. The number of likely N-dealkylation sites (N-methyl/N-ethyl adjacent to an activating group) is 2. The number of nitrogens with zero attached hydrogens (tertiary/aromatic N) is 2. The van der Waals surface area contributed by atoms with E-state index in [0.29, 0.717) is 72.2 Å². The monoisotopic (exact) mass is 1210 g/mol. The molecule has 18 nitrogen and oxygen atoms in total. The molecule has 0 aliphatic carbocycles. The first kappa shape index (κ1) is 65.3. The third kappa shape index (κ3) is 20.4. The Morgan fingerprint density at radius 2 is 0.868 bits per heavy atom. The Morgan fingerprint density at radius 3 is 1.25 bits per heavy atom. The highest BCUT2D eigenvalue weighted by atomic mass is 35.5. The molecule has 0 aromatic heterocycles. The number of sulfonamides is 2. The first-order valence-electron chi connectivity index (χ1n) is 24.4. The molecule has 0 saturated carbocycles. The van der Waals surface area contributed by atoms with Crippen LogP contribution in [0.5, 0.6) is 0 Å². The molecule has 2 aliphatic heterocycles. The highest BCUT2D eigenvalue weighted by Crippen LogP contribution is 2.40. The van der Waals surface area contributed by atoms with Crippen molar-refractivity contribution in [2.75, 3.05) is 119 Å². The number of carbonyl (C=O) groups excluding carboxylic acids is 2. The molecule has 2 aliphatic rings. The minimum atomic E-state index is -3.79. The number of halogens is 6. The summed E-state index contributed by atoms with van der Waals surface area (Å²) in [4.78, 5) is 28.8.